The van der Waals surface area contributed by atoms with E-state index >= 15 is 0 Å². The lowest BCUT2D eigenvalue weighted by molar-refractivity contribution is -0.991. The zero-order valence-corrected chi connectivity index (χ0v) is 23.9. The van der Waals surface area contributed by atoms with Crippen molar-refractivity contribution in [1.82, 2.24) is 15.1 Å². The van der Waals surface area contributed by atoms with E-state index in [1.54, 1.807) is 0 Å². The Kier molecular flexibility index (Phi) is 8.25. The molecule has 0 saturated carbocycles. The van der Waals surface area contributed by atoms with Crippen molar-refractivity contribution in [3.05, 3.63) is 91.6 Å². The Bertz CT molecular complexity index is 1730. The lowest BCUT2D eigenvalue weighted by Gasteiger charge is -2.29. The monoisotopic (exact) mass is 651 g/mol. The lowest BCUT2D eigenvalue weighted by atomic mass is 9.92. The molecule has 19 heteroatoms. The molecule has 47 heavy (non-hydrogen) atoms. The normalized spacial score (nSPS) is 17.1. The second-order valence-electron chi connectivity index (χ2n) is 10.8. The molecule has 19 nitrogen and oxygen atoms in total. The Balaban J connectivity index is 1.19. The number of nitrogens with one attached hydrogen (secondary N) is 5. The summed E-state index contributed by atoms with van der Waals surface area (Å²) in [6.07, 6.45) is 0. The number of rotatable bonds is 10. The minimum absolute atomic E-state index is 0.0537. The van der Waals surface area contributed by atoms with E-state index in [9.17, 15) is 60.8 Å². The van der Waals surface area contributed by atoms with Crippen LogP contribution in [0, 0.1) is 20.8 Å². The summed E-state index contributed by atoms with van der Waals surface area (Å²) < 4.78 is 0. The maximum atomic E-state index is 13.3. The molecule has 6 rings (SSSR count). The first kappa shape index (κ1) is 32.1. The highest BCUT2D eigenvalue weighted by atomic mass is 16.8. The minimum atomic E-state index is -1.36. The van der Waals surface area contributed by atoms with Crippen molar-refractivity contribution in [3.8, 4) is 0 Å². The molecule has 4 amide bonds. The molecule has 244 valence electrons. The van der Waals surface area contributed by atoms with Gasteiger partial charge in [-0.25, -0.2) is 20.8 Å². The van der Waals surface area contributed by atoms with Gasteiger partial charge in [-0.1, -0.05) is 0 Å². The van der Waals surface area contributed by atoms with Crippen LogP contribution in [0.4, 0.5) is 22.7 Å². The van der Waals surface area contributed by atoms with Crippen LogP contribution >= 0.6 is 0 Å². The van der Waals surface area contributed by atoms with Gasteiger partial charge >= 0.3 is 0 Å². The molecule has 0 aromatic heterocycles. The highest BCUT2D eigenvalue weighted by molar-refractivity contribution is 6.27. The zero-order valence-electron chi connectivity index (χ0n) is 23.9. The molecule has 9 N–H and O–H groups in total. The van der Waals surface area contributed by atoms with Gasteiger partial charge in [-0.3, -0.25) is 29.0 Å². The number of carbonyl (C=O) groups excluding carboxylic acids is 4. The number of carbonyl (C=O) groups is 4. The SMILES string of the molecule is O=C1c2cc([NH+]([O-])O)cc3cc([NH+]([O-])O)cc(c23)C(=O)N1CCNCCN1C(=O)c2cc([NH+]([O-])O)cc3cc([NH+]([O-])O)cc(c23)C1=O. The second-order valence-corrected chi connectivity index (χ2v) is 10.8. The molecule has 2 aliphatic heterocycles. The molecule has 0 saturated heterocycles. The highest BCUT2D eigenvalue weighted by Gasteiger charge is 2.36. The largest absolute Gasteiger partial charge is 0.595 e. The fourth-order valence-electron chi connectivity index (χ4n) is 5.88. The van der Waals surface area contributed by atoms with Crippen LogP contribution in [0.2, 0.25) is 0 Å². The van der Waals surface area contributed by atoms with E-state index in [4.69, 9.17) is 0 Å². The predicted octanol–water partition coefficient (Wildman–Crippen LogP) is -2.91. The first-order chi connectivity index (χ1) is 22.3. The van der Waals surface area contributed by atoms with Gasteiger partial charge in [0.15, 0.2) is 22.7 Å². The van der Waals surface area contributed by atoms with E-state index in [0.717, 1.165) is 34.1 Å². The van der Waals surface area contributed by atoms with Crippen molar-refractivity contribution < 1.29 is 60.9 Å². The number of amides is 4. The third kappa shape index (κ3) is 5.50. The Labute approximate surface area is 262 Å². The Hall–Kier alpha value is -4.84. The van der Waals surface area contributed by atoms with Crippen LogP contribution in [0.25, 0.3) is 21.5 Å². The molecule has 0 radical (unpaired) electrons. The Morgan fingerprint density at radius 2 is 0.745 bits per heavy atom. The lowest BCUT2D eigenvalue weighted by Crippen LogP contribution is -2.99. The smallest absolute Gasteiger partial charge is 0.261 e. The van der Waals surface area contributed by atoms with E-state index in [1.807, 2.05) is 0 Å². The molecule has 0 aliphatic carbocycles. The van der Waals surface area contributed by atoms with Crippen LogP contribution in [0.5, 0.6) is 0 Å². The summed E-state index contributed by atoms with van der Waals surface area (Å²) in [5, 5.41) is 82.9. The van der Waals surface area contributed by atoms with Gasteiger partial charge in [0, 0.05) is 85.5 Å². The average molecular weight is 652 g/mol. The first-order valence-corrected chi connectivity index (χ1v) is 13.9. The van der Waals surface area contributed by atoms with Gasteiger partial charge in [0.2, 0.25) is 0 Å². The molecular weight excluding hydrogens is 626 g/mol. The average Bonchev–Trinajstić information content (AvgIpc) is 3.03. The summed E-state index contributed by atoms with van der Waals surface area (Å²) in [4.78, 5) is 55.1. The van der Waals surface area contributed by atoms with Gasteiger partial charge in [-0.15, -0.1) is 0 Å². The van der Waals surface area contributed by atoms with E-state index < -0.39 is 44.5 Å². The van der Waals surface area contributed by atoms with Crippen molar-refractivity contribution >= 4 is 67.9 Å². The summed E-state index contributed by atoms with van der Waals surface area (Å²) in [5.74, 6) is -3.19. The van der Waals surface area contributed by atoms with Gasteiger partial charge in [0.25, 0.3) is 23.6 Å². The van der Waals surface area contributed by atoms with Gasteiger partial charge < -0.3 is 26.1 Å². The van der Waals surface area contributed by atoms with E-state index in [-0.39, 0.29) is 92.7 Å². The van der Waals surface area contributed by atoms with Crippen LogP contribution < -0.4 is 26.2 Å². The van der Waals surface area contributed by atoms with E-state index in [0.29, 0.717) is 0 Å². The predicted molar refractivity (Wildman–Crippen MR) is 155 cm³/mol. The Morgan fingerprint density at radius 3 is 0.979 bits per heavy atom. The topological polar surface area (TPSA) is 278 Å². The number of nitrogens with zero attached hydrogens (tertiary/aromatic N) is 2. The standard InChI is InChI=1S/C28H25N7O12/c36-25-19-9-15(32(40)41)5-13-6-16(33(42)43)10-20(23(13)19)26(37)30(25)3-1-29-2-4-31-27(38)21-11-17(34(44)45)7-14-8-18(35(46)47)12-22(24(14)21)28(31)39/h5-12,29,32-35,40,42,44,46H,1-4H2. The van der Waals surface area contributed by atoms with Gasteiger partial charge in [0.05, 0.1) is 22.3 Å². The molecule has 2 aliphatic rings. The summed E-state index contributed by atoms with van der Waals surface area (Å²) in [5.41, 5.74) is -1.48. The third-order valence-electron chi connectivity index (χ3n) is 8.01. The van der Waals surface area contributed by atoms with E-state index in [2.05, 4.69) is 5.32 Å². The van der Waals surface area contributed by atoms with Crippen LogP contribution in [-0.4, -0.2) is 80.4 Å². The molecule has 2 heterocycles. The summed E-state index contributed by atoms with van der Waals surface area (Å²) in [6, 6.07) is 9.18. The van der Waals surface area contributed by atoms with Crippen LogP contribution in [0.1, 0.15) is 41.4 Å². The van der Waals surface area contributed by atoms with Crippen molar-refractivity contribution in [2.75, 3.05) is 26.2 Å². The maximum absolute atomic E-state index is 13.3. The molecule has 0 spiro atoms. The molecule has 4 unspecified atom stereocenters. The van der Waals surface area contributed by atoms with Gasteiger partial charge in [-0.05, 0) is 10.8 Å². The molecule has 0 bridgehead atoms. The van der Waals surface area contributed by atoms with Gasteiger partial charge in [0.1, 0.15) is 0 Å². The fourth-order valence-corrected chi connectivity index (χ4v) is 5.88. The first-order valence-electron chi connectivity index (χ1n) is 13.9. The Morgan fingerprint density at radius 1 is 0.489 bits per heavy atom. The second kappa shape index (κ2) is 12.1. The van der Waals surface area contributed by atoms with Crippen molar-refractivity contribution in [2.45, 2.75) is 0 Å². The number of imide groups is 2. The number of benzene rings is 4. The number of hydrogen-bond donors (Lipinski definition) is 9. The molecule has 4 aromatic carbocycles. The van der Waals surface area contributed by atoms with Crippen LogP contribution in [0.15, 0.2) is 48.5 Å². The quantitative estimate of drug-likeness (QED) is 0.0473. The number of hydrogen-bond acceptors (Lipinski definition) is 13. The molecule has 0 fully saturated rings. The fraction of sp³-hybridized carbons (Fsp3) is 0.143. The number of quaternary nitrogens is 4. The minimum Gasteiger partial charge on any atom is -0.595 e. The zero-order chi connectivity index (χ0) is 33.9. The molecule has 4 atom stereocenters. The highest BCUT2D eigenvalue weighted by Crippen LogP contribution is 2.35. The maximum Gasteiger partial charge on any atom is 0.261 e. The molecule has 4 aromatic rings. The summed E-state index contributed by atoms with van der Waals surface area (Å²) >= 11 is 0. The van der Waals surface area contributed by atoms with Crippen molar-refractivity contribution in [1.29, 1.82) is 0 Å². The summed E-state index contributed by atoms with van der Waals surface area (Å²) in [6.45, 7) is -0.605. The van der Waals surface area contributed by atoms with E-state index in [1.165, 1.54) is 24.3 Å². The third-order valence-corrected chi connectivity index (χ3v) is 8.01. The van der Waals surface area contributed by atoms with Crippen LogP contribution in [0.3, 0.4) is 0 Å². The molecular formula is C28H25N7O12. The van der Waals surface area contributed by atoms with Crippen LogP contribution in [-0.2, 0) is 0 Å². The van der Waals surface area contributed by atoms with Gasteiger partial charge in [-0.2, -0.15) is 20.9 Å². The summed E-state index contributed by atoms with van der Waals surface area (Å²) in [7, 11) is 0. The van der Waals surface area contributed by atoms with Crippen molar-refractivity contribution in [3.63, 3.8) is 0 Å². The van der Waals surface area contributed by atoms with Crippen molar-refractivity contribution in [2.24, 2.45) is 0 Å².